The molecule has 1 aromatic heterocycles. The Morgan fingerprint density at radius 3 is 2.62 bits per heavy atom. The first-order chi connectivity index (χ1) is 16.3. The number of hydrogen-bond acceptors (Lipinski definition) is 6. The van der Waals surface area contributed by atoms with Gasteiger partial charge in [-0.1, -0.05) is 0 Å². The number of aryl methyl sites for hydroxylation is 2. The molecule has 7 heteroatoms. The Hall–Kier alpha value is -2.64. The fraction of sp³-hybridized carbons (Fsp3) is 0.556. The van der Waals surface area contributed by atoms with Crippen LogP contribution in [0.4, 0.5) is 5.69 Å². The van der Waals surface area contributed by atoms with Crippen LogP contribution in [0.25, 0.3) is 0 Å². The molecule has 1 amide bonds. The van der Waals surface area contributed by atoms with E-state index in [1.54, 1.807) is 7.11 Å². The molecule has 0 aliphatic carbocycles. The van der Waals surface area contributed by atoms with Crippen LogP contribution in [0, 0.1) is 13.8 Å². The van der Waals surface area contributed by atoms with Crippen LogP contribution in [0.1, 0.15) is 48.3 Å². The number of methoxy groups -OCH3 is 1. The molecule has 1 atom stereocenters. The number of pyridine rings is 1. The number of rotatable bonds is 6. The molecule has 1 aromatic carbocycles. The third-order valence-corrected chi connectivity index (χ3v) is 6.66. The summed E-state index contributed by atoms with van der Waals surface area (Å²) in [6.07, 6.45) is 3.55. The fourth-order valence-corrected chi connectivity index (χ4v) is 5.03. The van der Waals surface area contributed by atoms with Gasteiger partial charge < -0.3 is 24.0 Å². The van der Waals surface area contributed by atoms with Gasteiger partial charge >= 0.3 is 0 Å². The van der Waals surface area contributed by atoms with E-state index in [9.17, 15) is 4.79 Å². The lowest BCUT2D eigenvalue weighted by Gasteiger charge is -2.50. The van der Waals surface area contributed by atoms with Crippen molar-refractivity contribution in [2.45, 2.75) is 58.3 Å². The number of piperidine rings is 1. The standard InChI is InChI=1S/C27H37N3O4/c1-19(2)33-25-7-6-22(14-20(25)3)26(31)29-12-9-27(10-13-29)18-30(16-24(34-27)17-32-5)23-8-11-28-21(4)15-23/h6-8,11,14-15,19,24H,9-10,12-13,16-18H2,1-5H3. The number of likely N-dealkylation sites (tertiary alicyclic amines) is 1. The van der Waals surface area contributed by atoms with Crippen molar-refractivity contribution in [1.82, 2.24) is 9.88 Å². The second-order valence-electron chi connectivity index (χ2n) is 9.85. The molecule has 0 saturated carbocycles. The molecule has 2 aliphatic heterocycles. The highest BCUT2D eigenvalue weighted by molar-refractivity contribution is 5.94. The van der Waals surface area contributed by atoms with Crippen molar-refractivity contribution >= 4 is 11.6 Å². The number of amides is 1. The lowest BCUT2D eigenvalue weighted by atomic mass is 9.88. The summed E-state index contributed by atoms with van der Waals surface area (Å²) in [5.41, 5.74) is 3.56. The number of nitrogens with zero attached hydrogens (tertiary/aromatic N) is 3. The third kappa shape index (κ3) is 5.53. The smallest absolute Gasteiger partial charge is 0.253 e. The van der Waals surface area contributed by atoms with Gasteiger partial charge in [0.2, 0.25) is 0 Å². The van der Waals surface area contributed by atoms with Crippen LogP contribution in [0.5, 0.6) is 5.75 Å². The summed E-state index contributed by atoms with van der Waals surface area (Å²) in [7, 11) is 1.71. The van der Waals surface area contributed by atoms with Crippen molar-refractivity contribution in [2.24, 2.45) is 0 Å². The van der Waals surface area contributed by atoms with E-state index < -0.39 is 0 Å². The highest BCUT2D eigenvalue weighted by Crippen LogP contribution is 2.35. The van der Waals surface area contributed by atoms with Crippen LogP contribution >= 0.6 is 0 Å². The van der Waals surface area contributed by atoms with E-state index in [1.807, 2.05) is 57.0 Å². The summed E-state index contributed by atoms with van der Waals surface area (Å²) >= 11 is 0. The molecule has 1 unspecified atom stereocenters. The second-order valence-corrected chi connectivity index (χ2v) is 9.85. The van der Waals surface area contributed by atoms with Crippen molar-refractivity contribution in [3.05, 3.63) is 53.3 Å². The summed E-state index contributed by atoms with van der Waals surface area (Å²) in [5, 5.41) is 0. The van der Waals surface area contributed by atoms with E-state index in [0.29, 0.717) is 25.3 Å². The number of benzene rings is 1. The highest BCUT2D eigenvalue weighted by Gasteiger charge is 2.44. The Morgan fingerprint density at radius 1 is 1.21 bits per heavy atom. The van der Waals surface area contributed by atoms with Crippen LogP contribution in [-0.4, -0.2) is 73.5 Å². The lowest BCUT2D eigenvalue weighted by molar-refractivity contribution is -0.145. The summed E-state index contributed by atoms with van der Waals surface area (Å²) in [4.78, 5) is 21.9. The number of hydrogen-bond donors (Lipinski definition) is 0. The maximum absolute atomic E-state index is 13.3. The van der Waals surface area contributed by atoms with Gasteiger partial charge in [0.05, 0.1) is 24.4 Å². The molecular formula is C27H37N3O4. The van der Waals surface area contributed by atoms with E-state index in [-0.39, 0.29) is 23.7 Å². The van der Waals surface area contributed by atoms with Crippen molar-refractivity contribution in [1.29, 1.82) is 0 Å². The van der Waals surface area contributed by atoms with Crippen molar-refractivity contribution in [2.75, 3.05) is 44.8 Å². The predicted molar refractivity (Wildman–Crippen MR) is 133 cm³/mol. The number of carbonyl (C=O) groups is 1. The topological polar surface area (TPSA) is 64.1 Å². The van der Waals surface area contributed by atoms with E-state index in [2.05, 4.69) is 22.0 Å². The van der Waals surface area contributed by atoms with E-state index in [1.165, 1.54) is 0 Å². The van der Waals surface area contributed by atoms with Crippen molar-refractivity contribution in [3.8, 4) is 5.75 Å². The Balaban J connectivity index is 1.45. The number of morpholine rings is 1. The normalized spacial score (nSPS) is 20.1. The maximum Gasteiger partial charge on any atom is 0.253 e. The van der Waals surface area contributed by atoms with E-state index in [0.717, 1.165) is 48.6 Å². The Labute approximate surface area is 203 Å². The summed E-state index contributed by atoms with van der Waals surface area (Å²) in [5.74, 6) is 0.898. The Morgan fingerprint density at radius 2 is 1.97 bits per heavy atom. The van der Waals surface area contributed by atoms with Gasteiger partial charge in [-0.2, -0.15) is 0 Å². The molecule has 2 saturated heterocycles. The van der Waals surface area contributed by atoms with Gasteiger partial charge in [-0.25, -0.2) is 0 Å². The largest absolute Gasteiger partial charge is 0.491 e. The summed E-state index contributed by atoms with van der Waals surface area (Å²) in [6.45, 7) is 11.5. The SMILES string of the molecule is COCC1CN(c2ccnc(C)c2)CC2(CCN(C(=O)c3ccc(OC(C)C)c(C)c3)CC2)O1. The fourth-order valence-electron chi connectivity index (χ4n) is 5.03. The molecule has 7 nitrogen and oxygen atoms in total. The van der Waals surface area contributed by atoms with Crippen molar-refractivity contribution in [3.63, 3.8) is 0 Å². The average molecular weight is 468 g/mol. The first-order valence-corrected chi connectivity index (χ1v) is 12.2. The molecular weight excluding hydrogens is 430 g/mol. The van der Waals surface area contributed by atoms with E-state index >= 15 is 0 Å². The van der Waals surface area contributed by atoms with E-state index in [4.69, 9.17) is 14.2 Å². The Bertz CT molecular complexity index is 1000. The van der Waals surface area contributed by atoms with Gasteiger partial charge in [-0.05, 0) is 76.4 Å². The van der Waals surface area contributed by atoms with Gasteiger partial charge in [0.25, 0.3) is 5.91 Å². The molecule has 3 heterocycles. The minimum Gasteiger partial charge on any atom is -0.491 e. The molecule has 1 spiro atoms. The molecule has 34 heavy (non-hydrogen) atoms. The van der Waals surface area contributed by atoms with Crippen LogP contribution in [0.2, 0.25) is 0 Å². The van der Waals surface area contributed by atoms with Gasteiger partial charge in [-0.3, -0.25) is 9.78 Å². The first kappa shape index (κ1) is 24.5. The first-order valence-electron chi connectivity index (χ1n) is 12.2. The molecule has 2 aromatic rings. The zero-order chi connectivity index (χ0) is 24.3. The van der Waals surface area contributed by atoms with Gasteiger partial charge in [0.15, 0.2) is 0 Å². The van der Waals surface area contributed by atoms with Crippen LogP contribution in [0.3, 0.4) is 0 Å². The molecule has 0 N–H and O–H groups in total. The van der Waals surface area contributed by atoms with Gasteiger partial charge in [-0.15, -0.1) is 0 Å². The number of anilines is 1. The maximum atomic E-state index is 13.3. The third-order valence-electron chi connectivity index (χ3n) is 6.66. The lowest BCUT2D eigenvalue weighted by Crippen LogP contribution is -2.61. The zero-order valence-electron chi connectivity index (χ0n) is 21.0. The summed E-state index contributed by atoms with van der Waals surface area (Å²) < 4.78 is 17.9. The minimum absolute atomic E-state index is 0.00868. The molecule has 2 aliphatic rings. The zero-order valence-corrected chi connectivity index (χ0v) is 21.0. The number of ether oxygens (including phenoxy) is 3. The van der Waals surface area contributed by atoms with Crippen LogP contribution in [-0.2, 0) is 9.47 Å². The average Bonchev–Trinajstić information content (AvgIpc) is 2.80. The molecule has 4 rings (SSSR count). The second kappa shape index (κ2) is 10.3. The van der Waals surface area contributed by atoms with Gasteiger partial charge in [0, 0.05) is 56.4 Å². The van der Waals surface area contributed by atoms with Crippen molar-refractivity contribution < 1.29 is 19.0 Å². The quantitative estimate of drug-likeness (QED) is 0.640. The molecule has 0 bridgehead atoms. The minimum atomic E-state index is -0.291. The highest BCUT2D eigenvalue weighted by atomic mass is 16.5. The molecule has 184 valence electrons. The Kier molecular flexibility index (Phi) is 7.43. The number of carbonyl (C=O) groups excluding carboxylic acids is 1. The van der Waals surface area contributed by atoms with Crippen LogP contribution < -0.4 is 9.64 Å². The van der Waals surface area contributed by atoms with Gasteiger partial charge in [0.1, 0.15) is 5.75 Å². The molecule has 0 radical (unpaired) electrons. The monoisotopic (exact) mass is 467 g/mol. The summed E-state index contributed by atoms with van der Waals surface area (Å²) in [6, 6.07) is 9.89. The number of aromatic nitrogens is 1. The van der Waals surface area contributed by atoms with Crippen LogP contribution in [0.15, 0.2) is 36.5 Å². The predicted octanol–water partition coefficient (Wildman–Crippen LogP) is 4.01. The molecule has 2 fully saturated rings.